The minimum absolute atomic E-state index is 0.552. The van der Waals surface area contributed by atoms with Crippen molar-refractivity contribution in [2.45, 2.75) is 58.1 Å². The molecule has 3 nitrogen and oxygen atoms in total. The van der Waals surface area contributed by atoms with Crippen molar-refractivity contribution in [1.82, 2.24) is 10.2 Å². The molecule has 2 heterocycles. The number of piperidine rings is 1. The summed E-state index contributed by atoms with van der Waals surface area (Å²) in [6, 6.07) is 0.667. The van der Waals surface area contributed by atoms with Crippen LogP contribution in [0.1, 0.15) is 46.0 Å². The van der Waals surface area contributed by atoms with Gasteiger partial charge in [0.2, 0.25) is 0 Å². The van der Waals surface area contributed by atoms with Gasteiger partial charge in [-0.05, 0) is 58.0 Å². The SMILES string of the molecule is CCNC(C)C1CCCN(CCC2CCCO2)C1. The largest absolute Gasteiger partial charge is 0.378 e. The van der Waals surface area contributed by atoms with Gasteiger partial charge >= 0.3 is 0 Å². The smallest absolute Gasteiger partial charge is 0.0588 e. The van der Waals surface area contributed by atoms with Crippen molar-refractivity contribution < 1.29 is 4.74 Å². The van der Waals surface area contributed by atoms with Crippen LogP contribution >= 0.6 is 0 Å². The molecule has 3 heteroatoms. The van der Waals surface area contributed by atoms with E-state index in [2.05, 4.69) is 24.1 Å². The van der Waals surface area contributed by atoms with Crippen molar-refractivity contribution in [3.63, 3.8) is 0 Å². The molecule has 0 radical (unpaired) electrons. The Labute approximate surface area is 112 Å². The van der Waals surface area contributed by atoms with Crippen LogP contribution in [0.3, 0.4) is 0 Å². The molecule has 2 fully saturated rings. The van der Waals surface area contributed by atoms with Crippen molar-refractivity contribution in [3.05, 3.63) is 0 Å². The maximum absolute atomic E-state index is 5.72. The Hall–Kier alpha value is -0.120. The lowest BCUT2D eigenvalue weighted by atomic mass is 9.91. The molecule has 2 rings (SSSR count). The molecular weight excluding hydrogens is 224 g/mol. The van der Waals surface area contributed by atoms with E-state index in [0.717, 1.165) is 19.1 Å². The fourth-order valence-corrected chi connectivity index (χ4v) is 3.39. The highest BCUT2D eigenvalue weighted by Gasteiger charge is 2.25. The standard InChI is InChI=1S/C15H30N2O/c1-3-16-13(2)14-6-4-9-17(12-14)10-8-15-7-5-11-18-15/h13-16H,3-12H2,1-2H3. The molecule has 0 bridgehead atoms. The molecule has 0 spiro atoms. The van der Waals surface area contributed by atoms with E-state index in [9.17, 15) is 0 Å². The first-order chi connectivity index (χ1) is 8.79. The summed E-state index contributed by atoms with van der Waals surface area (Å²) in [5.74, 6) is 0.836. The van der Waals surface area contributed by atoms with Gasteiger partial charge in [0.15, 0.2) is 0 Å². The first kappa shape index (κ1) is 14.3. The number of nitrogens with one attached hydrogen (secondary N) is 1. The number of hydrogen-bond acceptors (Lipinski definition) is 3. The Morgan fingerprint density at radius 2 is 2.22 bits per heavy atom. The fraction of sp³-hybridized carbons (Fsp3) is 1.00. The summed E-state index contributed by atoms with van der Waals surface area (Å²) in [6.45, 7) is 10.4. The molecule has 0 aromatic heterocycles. The third-order valence-corrected chi connectivity index (χ3v) is 4.57. The Morgan fingerprint density at radius 1 is 1.33 bits per heavy atom. The van der Waals surface area contributed by atoms with E-state index in [4.69, 9.17) is 4.74 Å². The lowest BCUT2D eigenvalue weighted by Gasteiger charge is -2.36. The second kappa shape index (κ2) is 7.46. The first-order valence-corrected chi connectivity index (χ1v) is 7.87. The highest BCUT2D eigenvalue weighted by molar-refractivity contribution is 4.80. The van der Waals surface area contributed by atoms with Gasteiger partial charge in [-0.15, -0.1) is 0 Å². The Bertz CT molecular complexity index is 229. The van der Waals surface area contributed by atoms with Crippen molar-refractivity contribution in [2.24, 2.45) is 5.92 Å². The van der Waals surface area contributed by atoms with E-state index in [1.807, 2.05) is 0 Å². The van der Waals surface area contributed by atoms with Gasteiger partial charge in [-0.3, -0.25) is 0 Å². The normalized spacial score (nSPS) is 31.7. The zero-order valence-electron chi connectivity index (χ0n) is 12.2. The van der Waals surface area contributed by atoms with Crippen LogP contribution in [-0.4, -0.2) is 49.8 Å². The van der Waals surface area contributed by atoms with Gasteiger partial charge in [0, 0.05) is 25.7 Å². The molecule has 0 amide bonds. The third kappa shape index (κ3) is 4.22. The summed E-state index contributed by atoms with van der Waals surface area (Å²) in [4.78, 5) is 2.66. The van der Waals surface area contributed by atoms with Gasteiger partial charge < -0.3 is 15.0 Å². The molecule has 106 valence electrons. The van der Waals surface area contributed by atoms with E-state index in [-0.39, 0.29) is 0 Å². The highest BCUT2D eigenvalue weighted by atomic mass is 16.5. The minimum atomic E-state index is 0.552. The van der Waals surface area contributed by atoms with E-state index in [1.54, 1.807) is 0 Å². The minimum Gasteiger partial charge on any atom is -0.378 e. The maximum atomic E-state index is 5.72. The number of ether oxygens (including phenoxy) is 1. The van der Waals surface area contributed by atoms with E-state index in [1.165, 1.54) is 51.7 Å². The highest BCUT2D eigenvalue weighted by Crippen LogP contribution is 2.21. The summed E-state index contributed by atoms with van der Waals surface area (Å²) < 4.78 is 5.72. The number of hydrogen-bond donors (Lipinski definition) is 1. The monoisotopic (exact) mass is 254 g/mol. The molecule has 0 aromatic rings. The zero-order chi connectivity index (χ0) is 12.8. The quantitative estimate of drug-likeness (QED) is 0.787. The lowest BCUT2D eigenvalue weighted by molar-refractivity contribution is 0.0800. The molecule has 3 unspecified atom stereocenters. The van der Waals surface area contributed by atoms with Crippen LogP contribution in [0.4, 0.5) is 0 Å². The van der Waals surface area contributed by atoms with Crippen LogP contribution in [0.5, 0.6) is 0 Å². The van der Waals surface area contributed by atoms with Crippen molar-refractivity contribution in [3.8, 4) is 0 Å². The van der Waals surface area contributed by atoms with Gasteiger partial charge in [0.25, 0.3) is 0 Å². The average Bonchev–Trinajstić information content (AvgIpc) is 2.90. The van der Waals surface area contributed by atoms with E-state index in [0.29, 0.717) is 12.1 Å². The summed E-state index contributed by atoms with van der Waals surface area (Å²) >= 11 is 0. The van der Waals surface area contributed by atoms with Crippen LogP contribution in [0, 0.1) is 5.92 Å². The first-order valence-electron chi connectivity index (χ1n) is 7.87. The van der Waals surface area contributed by atoms with Crippen LogP contribution in [0.2, 0.25) is 0 Å². The van der Waals surface area contributed by atoms with Crippen LogP contribution < -0.4 is 5.32 Å². The molecule has 0 aromatic carbocycles. The van der Waals surface area contributed by atoms with Gasteiger partial charge in [-0.2, -0.15) is 0 Å². The molecule has 1 N–H and O–H groups in total. The lowest BCUT2D eigenvalue weighted by Crippen LogP contribution is -2.45. The predicted molar refractivity (Wildman–Crippen MR) is 75.9 cm³/mol. The molecule has 2 aliphatic rings. The topological polar surface area (TPSA) is 24.5 Å². The predicted octanol–water partition coefficient (Wildman–Crippen LogP) is 2.27. The van der Waals surface area contributed by atoms with E-state index < -0.39 is 0 Å². The molecule has 18 heavy (non-hydrogen) atoms. The molecule has 2 saturated heterocycles. The molecule has 0 saturated carbocycles. The molecule has 2 aliphatic heterocycles. The Morgan fingerprint density at radius 3 is 2.94 bits per heavy atom. The number of nitrogens with zero attached hydrogens (tertiary/aromatic N) is 1. The summed E-state index contributed by atoms with van der Waals surface area (Å²) in [7, 11) is 0. The van der Waals surface area contributed by atoms with Crippen LogP contribution in [0.15, 0.2) is 0 Å². The van der Waals surface area contributed by atoms with Gasteiger partial charge in [-0.1, -0.05) is 6.92 Å². The molecule has 3 atom stereocenters. The maximum Gasteiger partial charge on any atom is 0.0588 e. The van der Waals surface area contributed by atoms with Crippen molar-refractivity contribution in [2.75, 3.05) is 32.8 Å². The second-order valence-corrected chi connectivity index (χ2v) is 5.97. The van der Waals surface area contributed by atoms with Crippen molar-refractivity contribution >= 4 is 0 Å². The Kier molecular flexibility index (Phi) is 5.93. The van der Waals surface area contributed by atoms with Crippen LogP contribution in [-0.2, 0) is 4.74 Å². The Balaban J connectivity index is 1.68. The summed E-state index contributed by atoms with van der Waals surface area (Å²) in [6.07, 6.45) is 7.10. The average molecular weight is 254 g/mol. The van der Waals surface area contributed by atoms with Gasteiger partial charge in [-0.25, -0.2) is 0 Å². The fourth-order valence-electron chi connectivity index (χ4n) is 3.39. The summed E-state index contributed by atoms with van der Waals surface area (Å²) in [5, 5.41) is 3.58. The third-order valence-electron chi connectivity index (χ3n) is 4.57. The van der Waals surface area contributed by atoms with Crippen molar-refractivity contribution in [1.29, 1.82) is 0 Å². The van der Waals surface area contributed by atoms with Gasteiger partial charge in [0.05, 0.1) is 6.10 Å². The number of rotatable bonds is 6. The zero-order valence-corrected chi connectivity index (χ0v) is 12.2. The number of likely N-dealkylation sites (tertiary alicyclic amines) is 1. The van der Waals surface area contributed by atoms with E-state index >= 15 is 0 Å². The second-order valence-electron chi connectivity index (χ2n) is 5.97. The molecule has 0 aliphatic carbocycles. The summed E-state index contributed by atoms with van der Waals surface area (Å²) in [5.41, 5.74) is 0. The molecular formula is C15H30N2O. The van der Waals surface area contributed by atoms with Crippen LogP contribution in [0.25, 0.3) is 0 Å². The van der Waals surface area contributed by atoms with Gasteiger partial charge in [0.1, 0.15) is 0 Å².